The summed E-state index contributed by atoms with van der Waals surface area (Å²) in [5.74, 6) is -1.14. The van der Waals surface area contributed by atoms with E-state index in [2.05, 4.69) is 10.3 Å². The standard InChI is InChI=1S/C20H25N5O5/c1-20(2,3)30-19(29)24-9-7-23(8-10-24)18(28)14-5-4-6-16(11-14)25-13-15(21-22-25)12-17(26)27/h4-6,11,13H,7-10,12H2,1-3H3,(H,26,27). The van der Waals surface area contributed by atoms with Crippen molar-refractivity contribution in [3.05, 3.63) is 41.7 Å². The van der Waals surface area contributed by atoms with E-state index in [0.29, 0.717) is 43.1 Å². The van der Waals surface area contributed by atoms with Crippen LogP contribution in [0.1, 0.15) is 36.8 Å². The summed E-state index contributed by atoms with van der Waals surface area (Å²) in [5, 5.41) is 16.6. The molecule has 0 radical (unpaired) electrons. The quantitative estimate of drug-likeness (QED) is 0.805. The van der Waals surface area contributed by atoms with Gasteiger partial charge in [0.1, 0.15) is 5.60 Å². The van der Waals surface area contributed by atoms with Crippen LogP contribution in [0.5, 0.6) is 0 Å². The monoisotopic (exact) mass is 415 g/mol. The van der Waals surface area contributed by atoms with E-state index in [9.17, 15) is 14.4 Å². The van der Waals surface area contributed by atoms with Gasteiger partial charge in [-0.1, -0.05) is 11.3 Å². The molecular formula is C20H25N5O5. The molecule has 0 aliphatic carbocycles. The molecule has 0 spiro atoms. The Balaban J connectivity index is 1.64. The molecule has 1 N–H and O–H groups in total. The van der Waals surface area contributed by atoms with Gasteiger partial charge in [-0.2, -0.15) is 0 Å². The fourth-order valence-electron chi connectivity index (χ4n) is 3.04. The Morgan fingerprint density at radius 2 is 1.77 bits per heavy atom. The number of hydrogen-bond donors (Lipinski definition) is 1. The summed E-state index contributed by atoms with van der Waals surface area (Å²) in [7, 11) is 0. The maximum absolute atomic E-state index is 12.9. The number of benzene rings is 1. The van der Waals surface area contributed by atoms with Gasteiger partial charge in [0.2, 0.25) is 0 Å². The number of hydrogen-bond acceptors (Lipinski definition) is 6. The summed E-state index contributed by atoms with van der Waals surface area (Å²) in [6, 6.07) is 6.89. The number of aromatic nitrogens is 3. The van der Waals surface area contributed by atoms with Gasteiger partial charge in [0.25, 0.3) is 5.91 Å². The van der Waals surface area contributed by atoms with Gasteiger partial charge in [0.15, 0.2) is 0 Å². The van der Waals surface area contributed by atoms with Crippen LogP contribution < -0.4 is 0 Å². The number of carboxylic acids is 1. The van der Waals surface area contributed by atoms with E-state index in [4.69, 9.17) is 9.84 Å². The van der Waals surface area contributed by atoms with Crippen LogP contribution in [0.4, 0.5) is 4.79 Å². The summed E-state index contributed by atoms with van der Waals surface area (Å²) in [6.45, 7) is 7.08. The molecule has 2 amide bonds. The molecular weight excluding hydrogens is 390 g/mol. The molecule has 0 saturated carbocycles. The zero-order valence-electron chi connectivity index (χ0n) is 17.2. The fourth-order valence-corrected chi connectivity index (χ4v) is 3.04. The van der Waals surface area contributed by atoms with Gasteiger partial charge >= 0.3 is 12.1 Å². The van der Waals surface area contributed by atoms with E-state index in [1.807, 2.05) is 20.8 Å². The number of carbonyl (C=O) groups excluding carboxylic acids is 2. The molecule has 1 fully saturated rings. The van der Waals surface area contributed by atoms with E-state index >= 15 is 0 Å². The second-order valence-electron chi connectivity index (χ2n) is 8.03. The van der Waals surface area contributed by atoms with Crippen LogP contribution in [0.2, 0.25) is 0 Å². The van der Waals surface area contributed by atoms with Gasteiger partial charge in [-0.3, -0.25) is 9.59 Å². The zero-order valence-corrected chi connectivity index (χ0v) is 17.2. The fraction of sp³-hybridized carbons (Fsp3) is 0.450. The van der Waals surface area contributed by atoms with E-state index in [0.717, 1.165) is 0 Å². The van der Waals surface area contributed by atoms with Crippen molar-refractivity contribution in [3.8, 4) is 5.69 Å². The maximum Gasteiger partial charge on any atom is 0.410 e. The first kappa shape index (κ1) is 21.3. The summed E-state index contributed by atoms with van der Waals surface area (Å²) in [4.78, 5) is 39.2. The zero-order chi connectivity index (χ0) is 21.9. The Hall–Kier alpha value is -3.43. The van der Waals surface area contributed by atoms with Crippen LogP contribution in [-0.4, -0.2) is 79.7 Å². The van der Waals surface area contributed by atoms with Gasteiger partial charge in [0, 0.05) is 31.7 Å². The minimum absolute atomic E-state index is 0.147. The maximum atomic E-state index is 12.9. The third-order valence-corrected chi connectivity index (χ3v) is 4.45. The van der Waals surface area contributed by atoms with Gasteiger partial charge in [-0.05, 0) is 39.0 Å². The second-order valence-corrected chi connectivity index (χ2v) is 8.03. The molecule has 2 aromatic rings. The second kappa shape index (κ2) is 8.52. The summed E-state index contributed by atoms with van der Waals surface area (Å²) < 4.78 is 6.82. The number of aliphatic carboxylic acids is 1. The van der Waals surface area contributed by atoms with E-state index < -0.39 is 11.6 Å². The van der Waals surface area contributed by atoms with Crippen molar-refractivity contribution < 1.29 is 24.2 Å². The Morgan fingerprint density at radius 1 is 1.10 bits per heavy atom. The lowest BCUT2D eigenvalue weighted by Crippen LogP contribution is -2.51. The molecule has 10 nitrogen and oxygen atoms in total. The van der Waals surface area contributed by atoms with Crippen LogP contribution >= 0.6 is 0 Å². The molecule has 1 aromatic heterocycles. The van der Waals surface area contributed by atoms with Crippen LogP contribution in [0.15, 0.2) is 30.5 Å². The first-order valence-corrected chi connectivity index (χ1v) is 9.63. The molecule has 10 heteroatoms. The highest BCUT2D eigenvalue weighted by molar-refractivity contribution is 5.95. The van der Waals surface area contributed by atoms with Gasteiger partial charge in [0.05, 0.1) is 24.0 Å². The van der Waals surface area contributed by atoms with E-state index in [-0.39, 0.29) is 18.4 Å². The average Bonchev–Trinajstić information content (AvgIpc) is 3.14. The first-order chi connectivity index (χ1) is 14.1. The van der Waals surface area contributed by atoms with E-state index in [1.54, 1.807) is 34.1 Å². The highest BCUT2D eigenvalue weighted by atomic mass is 16.6. The molecule has 1 saturated heterocycles. The number of amides is 2. The van der Waals surface area contributed by atoms with Crippen LogP contribution in [0.3, 0.4) is 0 Å². The third-order valence-electron chi connectivity index (χ3n) is 4.45. The lowest BCUT2D eigenvalue weighted by molar-refractivity contribution is -0.136. The Labute approximate surface area is 174 Å². The molecule has 0 bridgehead atoms. The Kier molecular flexibility index (Phi) is 6.04. The van der Waals surface area contributed by atoms with Crippen molar-refractivity contribution in [2.45, 2.75) is 32.8 Å². The topological polar surface area (TPSA) is 118 Å². The third kappa shape index (κ3) is 5.34. The van der Waals surface area contributed by atoms with Crippen molar-refractivity contribution in [3.63, 3.8) is 0 Å². The average molecular weight is 415 g/mol. The number of piperazine rings is 1. The van der Waals surface area contributed by atoms with Gasteiger partial charge in [-0.25, -0.2) is 9.48 Å². The predicted octanol–water partition coefficient (Wildman–Crippen LogP) is 1.59. The minimum atomic E-state index is -0.989. The van der Waals surface area contributed by atoms with Gasteiger partial charge < -0.3 is 19.6 Å². The minimum Gasteiger partial charge on any atom is -0.481 e. The van der Waals surface area contributed by atoms with Crippen molar-refractivity contribution in [1.29, 1.82) is 0 Å². The summed E-state index contributed by atoms with van der Waals surface area (Å²) in [6.07, 6.45) is 0.928. The lowest BCUT2D eigenvalue weighted by atomic mass is 10.1. The highest BCUT2D eigenvalue weighted by Gasteiger charge is 2.28. The molecule has 0 atom stereocenters. The molecule has 1 aromatic carbocycles. The Morgan fingerprint density at radius 3 is 2.40 bits per heavy atom. The van der Waals surface area contributed by atoms with Crippen LogP contribution in [0, 0.1) is 0 Å². The van der Waals surface area contributed by atoms with Crippen molar-refractivity contribution in [2.24, 2.45) is 0 Å². The van der Waals surface area contributed by atoms with Crippen LogP contribution in [0.25, 0.3) is 5.69 Å². The highest BCUT2D eigenvalue weighted by Crippen LogP contribution is 2.16. The normalized spacial score (nSPS) is 14.5. The molecule has 30 heavy (non-hydrogen) atoms. The predicted molar refractivity (Wildman–Crippen MR) is 106 cm³/mol. The number of rotatable bonds is 4. The number of carbonyl (C=O) groups is 3. The number of ether oxygens (including phenoxy) is 1. The molecule has 160 valence electrons. The van der Waals surface area contributed by atoms with Crippen molar-refractivity contribution in [1.82, 2.24) is 24.8 Å². The van der Waals surface area contributed by atoms with Crippen molar-refractivity contribution >= 4 is 18.0 Å². The van der Waals surface area contributed by atoms with Gasteiger partial charge in [-0.15, -0.1) is 5.10 Å². The summed E-state index contributed by atoms with van der Waals surface area (Å²) >= 11 is 0. The molecule has 0 unspecified atom stereocenters. The lowest BCUT2D eigenvalue weighted by Gasteiger charge is -2.35. The first-order valence-electron chi connectivity index (χ1n) is 9.63. The molecule has 1 aliphatic rings. The number of nitrogens with zero attached hydrogens (tertiary/aromatic N) is 5. The summed E-state index contributed by atoms with van der Waals surface area (Å²) in [5.41, 5.74) is 0.860. The largest absolute Gasteiger partial charge is 0.481 e. The molecule has 3 rings (SSSR count). The number of carboxylic acid groups (broad SMARTS) is 1. The van der Waals surface area contributed by atoms with Crippen LogP contribution in [-0.2, 0) is 16.0 Å². The Bertz CT molecular complexity index is 941. The van der Waals surface area contributed by atoms with E-state index in [1.165, 1.54) is 10.9 Å². The van der Waals surface area contributed by atoms with Crippen molar-refractivity contribution in [2.75, 3.05) is 26.2 Å². The molecule has 2 heterocycles. The SMILES string of the molecule is CC(C)(C)OC(=O)N1CCN(C(=O)c2cccc(-n3cc(CC(=O)O)nn3)c2)CC1. The smallest absolute Gasteiger partial charge is 0.410 e. The molecule has 1 aliphatic heterocycles.